The average molecular weight is 404 g/mol. The second-order valence-corrected chi connectivity index (χ2v) is 7.28. The second-order valence-electron chi connectivity index (χ2n) is 7.28. The molecule has 2 amide bonds. The van der Waals surface area contributed by atoms with Gasteiger partial charge in [0.2, 0.25) is 5.91 Å². The molecule has 4 rings (SSSR count). The molecule has 1 aliphatic rings. The molecule has 154 valence electrons. The number of ether oxygens (including phenoxy) is 1. The van der Waals surface area contributed by atoms with Gasteiger partial charge in [-0.3, -0.25) is 9.59 Å². The molecule has 0 aliphatic carbocycles. The smallest absolute Gasteiger partial charge is 0.252 e. The van der Waals surface area contributed by atoms with E-state index in [0.717, 1.165) is 17.7 Å². The molecule has 0 spiro atoms. The maximum atomic E-state index is 13.2. The molecule has 0 bridgehead atoms. The topological polar surface area (TPSA) is 76.5 Å². The van der Waals surface area contributed by atoms with E-state index in [9.17, 15) is 9.59 Å². The van der Waals surface area contributed by atoms with E-state index in [-0.39, 0.29) is 11.8 Å². The number of aryl methyl sites for hydroxylation is 1. The lowest BCUT2D eigenvalue weighted by atomic mass is 10.0. The van der Waals surface area contributed by atoms with Crippen molar-refractivity contribution in [1.82, 2.24) is 14.9 Å². The number of rotatable bonds is 6. The molecule has 1 aliphatic heterocycles. The monoisotopic (exact) mass is 404 g/mol. The standard InChI is InChI=1S/C23H24N4O3/c1-26-13-11-24-22(26)21(16-6-4-9-19(15-16)30-2)25-23(29)17-7-3-8-18(14-17)27-12-5-10-20(27)28/h3-4,6-9,11,13-15,21H,5,10,12H2,1-2H3,(H,25,29). The zero-order valence-electron chi connectivity index (χ0n) is 17.0. The third kappa shape index (κ3) is 3.91. The van der Waals surface area contributed by atoms with E-state index in [4.69, 9.17) is 4.74 Å². The predicted molar refractivity (Wildman–Crippen MR) is 114 cm³/mol. The lowest BCUT2D eigenvalue weighted by molar-refractivity contribution is -0.117. The molecular formula is C23H24N4O3. The molecule has 1 fully saturated rings. The van der Waals surface area contributed by atoms with E-state index in [1.54, 1.807) is 36.4 Å². The SMILES string of the molecule is COc1cccc(C(NC(=O)c2cccc(N3CCCC3=O)c2)c2nccn2C)c1. The Hall–Kier alpha value is -3.61. The molecule has 7 nitrogen and oxygen atoms in total. The van der Waals surface area contributed by atoms with Crippen LogP contribution in [0.4, 0.5) is 5.69 Å². The van der Waals surface area contributed by atoms with Crippen LogP contribution in [-0.2, 0) is 11.8 Å². The maximum absolute atomic E-state index is 13.2. The summed E-state index contributed by atoms with van der Waals surface area (Å²) in [5.74, 6) is 1.27. The van der Waals surface area contributed by atoms with Crippen LogP contribution >= 0.6 is 0 Å². The molecule has 7 heteroatoms. The van der Waals surface area contributed by atoms with E-state index < -0.39 is 6.04 Å². The first-order valence-corrected chi connectivity index (χ1v) is 9.89. The summed E-state index contributed by atoms with van der Waals surface area (Å²) in [6.45, 7) is 0.684. The molecule has 2 heterocycles. The number of nitrogens with zero attached hydrogens (tertiary/aromatic N) is 3. The van der Waals surface area contributed by atoms with Gasteiger partial charge in [-0.1, -0.05) is 18.2 Å². The number of amides is 2. The molecular weight excluding hydrogens is 380 g/mol. The van der Waals surface area contributed by atoms with Gasteiger partial charge >= 0.3 is 0 Å². The summed E-state index contributed by atoms with van der Waals surface area (Å²) in [4.78, 5) is 31.4. The van der Waals surface area contributed by atoms with Crippen molar-refractivity contribution in [2.75, 3.05) is 18.6 Å². The molecule has 3 aromatic rings. The number of hydrogen-bond acceptors (Lipinski definition) is 4. The van der Waals surface area contributed by atoms with Gasteiger partial charge in [-0.15, -0.1) is 0 Å². The summed E-state index contributed by atoms with van der Waals surface area (Å²) in [5, 5.41) is 3.09. The number of hydrogen-bond donors (Lipinski definition) is 1. The van der Waals surface area contributed by atoms with Gasteiger partial charge in [-0.2, -0.15) is 0 Å². The van der Waals surface area contributed by atoms with Crippen molar-refractivity contribution in [1.29, 1.82) is 0 Å². The van der Waals surface area contributed by atoms with Crippen LogP contribution in [0.25, 0.3) is 0 Å². The Kier molecular flexibility index (Phi) is 5.52. The molecule has 0 radical (unpaired) electrons. The number of anilines is 1. The molecule has 0 saturated carbocycles. The van der Waals surface area contributed by atoms with Crippen LogP contribution in [0.1, 0.15) is 40.6 Å². The maximum Gasteiger partial charge on any atom is 0.252 e. The van der Waals surface area contributed by atoms with Crippen molar-refractivity contribution >= 4 is 17.5 Å². The van der Waals surface area contributed by atoms with Gasteiger partial charge in [0, 0.05) is 43.7 Å². The lowest BCUT2D eigenvalue weighted by Crippen LogP contribution is -2.31. The van der Waals surface area contributed by atoms with Gasteiger partial charge in [0.1, 0.15) is 17.6 Å². The largest absolute Gasteiger partial charge is 0.497 e. The van der Waals surface area contributed by atoms with Gasteiger partial charge in [-0.25, -0.2) is 4.98 Å². The van der Waals surface area contributed by atoms with Gasteiger partial charge in [-0.05, 0) is 42.3 Å². The van der Waals surface area contributed by atoms with E-state index in [1.165, 1.54) is 0 Å². The molecule has 30 heavy (non-hydrogen) atoms. The van der Waals surface area contributed by atoms with Crippen LogP contribution in [0.15, 0.2) is 60.9 Å². The minimum atomic E-state index is -0.454. The fraction of sp³-hybridized carbons (Fsp3) is 0.261. The van der Waals surface area contributed by atoms with Gasteiger partial charge < -0.3 is 19.5 Å². The first kappa shape index (κ1) is 19.7. The third-order valence-corrected chi connectivity index (χ3v) is 5.31. The summed E-state index contributed by atoms with van der Waals surface area (Å²) in [5.41, 5.74) is 2.11. The molecule has 1 aromatic heterocycles. The summed E-state index contributed by atoms with van der Waals surface area (Å²) in [6, 6.07) is 14.3. The molecule has 1 unspecified atom stereocenters. The number of carbonyl (C=O) groups is 2. The number of aromatic nitrogens is 2. The second kappa shape index (κ2) is 8.41. The Balaban J connectivity index is 1.64. The van der Waals surface area contributed by atoms with Crippen LogP contribution in [0.3, 0.4) is 0 Å². The highest BCUT2D eigenvalue weighted by molar-refractivity contribution is 5.99. The van der Waals surface area contributed by atoms with E-state index in [2.05, 4.69) is 10.3 Å². The van der Waals surface area contributed by atoms with Crippen molar-refractivity contribution in [3.8, 4) is 5.75 Å². The first-order chi connectivity index (χ1) is 14.6. The van der Waals surface area contributed by atoms with E-state index in [1.807, 2.05) is 48.1 Å². The van der Waals surface area contributed by atoms with Crippen molar-refractivity contribution < 1.29 is 14.3 Å². The van der Waals surface area contributed by atoms with Crippen molar-refractivity contribution in [3.05, 3.63) is 77.9 Å². The van der Waals surface area contributed by atoms with Crippen LogP contribution in [0.5, 0.6) is 5.75 Å². The number of carbonyl (C=O) groups excluding carboxylic acids is 2. The summed E-state index contributed by atoms with van der Waals surface area (Å²) in [6.07, 6.45) is 4.93. The summed E-state index contributed by atoms with van der Waals surface area (Å²) in [7, 11) is 3.50. The van der Waals surface area contributed by atoms with Gasteiger partial charge in [0.05, 0.1) is 7.11 Å². The highest BCUT2D eigenvalue weighted by Crippen LogP contribution is 2.26. The number of imidazole rings is 1. The number of methoxy groups -OCH3 is 1. The Labute approximate surface area is 175 Å². The molecule has 1 atom stereocenters. The minimum absolute atomic E-state index is 0.0924. The van der Waals surface area contributed by atoms with Crippen LogP contribution in [-0.4, -0.2) is 35.0 Å². The highest BCUT2D eigenvalue weighted by atomic mass is 16.5. The summed E-state index contributed by atoms with van der Waals surface area (Å²) < 4.78 is 7.23. The molecule has 1 N–H and O–H groups in total. The fourth-order valence-electron chi connectivity index (χ4n) is 3.72. The normalized spacial score (nSPS) is 14.6. The first-order valence-electron chi connectivity index (χ1n) is 9.89. The van der Waals surface area contributed by atoms with Crippen LogP contribution in [0, 0.1) is 0 Å². The molecule has 2 aromatic carbocycles. The third-order valence-electron chi connectivity index (χ3n) is 5.31. The highest BCUT2D eigenvalue weighted by Gasteiger charge is 2.24. The van der Waals surface area contributed by atoms with Crippen molar-refractivity contribution in [2.24, 2.45) is 7.05 Å². The minimum Gasteiger partial charge on any atom is -0.497 e. The van der Waals surface area contributed by atoms with Crippen molar-refractivity contribution in [3.63, 3.8) is 0 Å². The van der Waals surface area contributed by atoms with Gasteiger partial charge in [0.15, 0.2) is 0 Å². The Bertz CT molecular complexity index is 1080. The lowest BCUT2D eigenvalue weighted by Gasteiger charge is -2.21. The van der Waals surface area contributed by atoms with E-state index in [0.29, 0.717) is 30.1 Å². The Morgan fingerprint density at radius 2 is 2.03 bits per heavy atom. The van der Waals surface area contributed by atoms with E-state index >= 15 is 0 Å². The Morgan fingerprint density at radius 3 is 2.73 bits per heavy atom. The number of benzene rings is 2. The summed E-state index contributed by atoms with van der Waals surface area (Å²) >= 11 is 0. The Morgan fingerprint density at radius 1 is 1.20 bits per heavy atom. The van der Waals surface area contributed by atoms with Crippen LogP contribution in [0.2, 0.25) is 0 Å². The fourth-order valence-corrected chi connectivity index (χ4v) is 3.72. The average Bonchev–Trinajstić information content (AvgIpc) is 3.40. The quantitative estimate of drug-likeness (QED) is 0.685. The van der Waals surface area contributed by atoms with Crippen LogP contribution < -0.4 is 15.0 Å². The molecule has 1 saturated heterocycles. The predicted octanol–water partition coefficient (Wildman–Crippen LogP) is 3.07. The zero-order valence-corrected chi connectivity index (χ0v) is 17.0. The number of nitrogens with one attached hydrogen (secondary N) is 1. The zero-order chi connectivity index (χ0) is 21.1. The van der Waals surface area contributed by atoms with Crippen molar-refractivity contribution in [2.45, 2.75) is 18.9 Å². The van der Waals surface area contributed by atoms with Gasteiger partial charge in [0.25, 0.3) is 5.91 Å².